The summed E-state index contributed by atoms with van der Waals surface area (Å²) in [6, 6.07) is 8.92. The van der Waals surface area contributed by atoms with Gasteiger partial charge in [-0.3, -0.25) is 0 Å². The highest BCUT2D eigenvalue weighted by molar-refractivity contribution is 8.00. The lowest BCUT2D eigenvalue weighted by Gasteiger charge is -2.08. The molecule has 90 valence electrons. The average Bonchev–Trinajstić information content (AvgIpc) is 2.24. The molecule has 0 saturated carbocycles. The van der Waals surface area contributed by atoms with Crippen LogP contribution in [0.4, 0.5) is 0 Å². The van der Waals surface area contributed by atoms with Crippen LogP contribution in [-0.2, 0) is 0 Å². The molecule has 0 radical (unpaired) electrons. The molecule has 1 aromatic rings. The van der Waals surface area contributed by atoms with E-state index in [0.29, 0.717) is 0 Å². The molecule has 2 heteroatoms. The molecule has 0 aromatic heterocycles. The van der Waals surface area contributed by atoms with Crippen LogP contribution in [0.1, 0.15) is 27.7 Å². The normalized spacial score (nSPS) is 11.4. The first kappa shape index (κ1) is 14.0. The lowest BCUT2D eigenvalue weighted by molar-refractivity contribution is 0.750. The van der Waals surface area contributed by atoms with Gasteiger partial charge >= 0.3 is 0 Å². The molecule has 0 spiro atoms. The van der Waals surface area contributed by atoms with Crippen molar-refractivity contribution in [2.24, 2.45) is 11.8 Å². The third-order valence-corrected chi connectivity index (χ3v) is 4.81. The van der Waals surface area contributed by atoms with Gasteiger partial charge in [0.25, 0.3) is 0 Å². The zero-order valence-corrected chi connectivity index (χ0v) is 12.3. The quantitative estimate of drug-likeness (QED) is 0.641. The van der Waals surface area contributed by atoms with E-state index < -0.39 is 0 Å². The van der Waals surface area contributed by atoms with E-state index in [1.165, 1.54) is 21.3 Å². The standard InChI is InChI=1S/C14H22S2/c1-11(2)9-15-13-6-5-7-14(8-13)16-10-12(3)4/h5-8,11-12H,9-10H2,1-4H3. The Kier molecular flexibility index (Phi) is 6.37. The van der Waals surface area contributed by atoms with Crippen LogP contribution in [0.5, 0.6) is 0 Å². The minimum absolute atomic E-state index is 0.761. The van der Waals surface area contributed by atoms with Crippen LogP contribution in [0.15, 0.2) is 34.1 Å². The maximum atomic E-state index is 2.32. The molecule has 16 heavy (non-hydrogen) atoms. The van der Waals surface area contributed by atoms with Crippen LogP contribution in [0.3, 0.4) is 0 Å². The van der Waals surface area contributed by atoms with Gasteiger partial charge in [0, 0.05) is 21.3 Å². The molecule has 0 N–H and O–H groups in total. The van der Waals surface area contributed by atoms with E-state index >= 15 is 0 Å². The van der Waals surface area contributed by atoms with Crippen LogP contribution in [0.25, 0.3) is 0 Å². The van der Waals surface area contributed by atoms with Crippen LogP contribution in [-0.4, -0.2) is 11.5 Å². The molecule has 0 aliphatic rings. The Labute approximate surface area is 109 Å². The predicted octanol–water partition coefficient (Wildman–Crippen LogP) is 5.18. The first-order chi connectivity index (χ1) is 7.58. The molecule has 0 aliphatic heterocycles. The average molecular weight is 254 g/mol. The summed E-state index contributed by atoms with van der Waals surface area (Å²) in [6.45, 7) is 9.07. The Morgan fingerprint density at radius 2 is 1.31 bits per heavy atom. The zero-order valence-electron chi connectivity index (χ0n) is 10.7. The van der Waals surface area contributed by atoms with E-state index in [2.05, 4.69) is 52.0 Å². The van der Waals surface area contributed by atoms with Gasteiger partial charge in [0.15, 0.2) is 0 Å². The summed E-state index contributed by atoms with van der Waals surface area (Å²) in [4.78, 5) is 2.81. The highest BCUT2D eigenvalue weighted by Gasteiger charge is 2.01. The third kappa shape index (κ3) is 5.86. The minimum Gasteiger partial charge on any atom is -0.126 e. The first-order valence-corrected chi connectivity index (χ1v) is 7.90. The SMILES string of the molecule is CC(C)CSc1cccc(SCC(C)C)c1. The molecule has 0 unspecified atom stereocenters. The van der Waals surface area contributed by atoms with Gasteiger partial charge < -0.3 is 0 Å². The Bertz CT molecular complexity index is 278. The lowest BCUT2D eigenvalue weighted by atomic mass is 10.3. The van der Waals surface area contributed by atoms with Crippen molar-refractivity contribution in [3.63, 3.8) is 0 Å². The summed E-state index contributed by atoms with van der Waals surface area (Å²) in [7, 11) is 0. The van der Waals surface area contributed by atoms with E-state index in [1.807, 2.05) is 23.5 Å². The summed E-state index contributed by atoms with van der Waals surface area (Å²) in [5.74, 6) is 3.94. The number of rotatable bonds is 6. The lowest BCUT2D eigenvalue weighted by Crippen LogP contribution is -1.91. The van der Waals surface area contributed by atoms with Crippen LogP contribution in [0.2, 0.25) is 0 Å². The number of hydrogen-bond acceptors (Lipinski definition) is 2. The molecule has 0 heterocycles. The Morgan fingerprint density at radius 3 is 1.69 bits per heavy atom. The summed E-state index contributed by atoms with van der Waals surface area (Å²) in [6.07, 6.45) is 0. The highest BCUT2D eigenvalue weighted by atomic mass is 32.2. The van der Waals surface area contributed by atoms with E-state index in [0.717, 1.165) is 11.8 Å². The van der Waals surface area contributed by atoms with E-state index in [-0.39, 0.29) is 0 Å². The Hall–Kier alpha value is -0.0800. The molecule has 1 rings (SSSR count). The smallest absolute Gasteiger partial charge is 0.00831 e. The fourth-order valence-corrected chi connectivity index (χ4v) is 3.08. The molecule has 0 fully saturated rings. The molecular formula is C14H22S2. The van der Waals surface area contributed by atoms with Gasteiger partial charge in [-0.05, 0) is 30.0 Å². The second-order valence-electron chi connectivity index (χ2n) is 4.88. The summed E-state index contributed by atoms with van der Waals surface area (Å²) >= 11 is 3.93. The fourth-order valence-electron chi connectivity index (χ4n) is 1.18. The van der Waals surface area contributed by atoms with Gasteiger partial charge in [0.1, 0.15) is 0 Å². The molecule has 0 amide bonds. The highest BCUT2D eigenvalue weighted by Crippen LogP contribution is 2.27. The maximum Gasteiger partial charge on any atom is 0.00831 e. The predicted molar refractivity (Wildman–Crippen MR) is 77.6 cm³/mol. The fraction of sp³-hybridized carbons (Fsp3) is 0.571. The molecule has 0 nitrogen and oxygen atoms in total. The molecule has 0 atom stereocenters. The van der Waals surface area contributed by atoms with Crippen molar-refractivity contribution >= 4 is 23.5 Å². The van der Waals surface area contributed by atoms with Crippen molar-refractivity contribution < 1.29 is 0 Å². The number of thioether (sulfide) groups is 2. The summed E-state index contributed by atoms with van der Waals surface area (Å²) in [5.41, 5.74) is 0. The van der Waals surface area contributed by atoms with E-state index in [9.17, 15) is 0 Å². The van der Waals surface area contributed by atoms with Crippen molar-refractivity contribution in [2.45, 2.75) is 37.5 Å². The van der Waals surface area contributed by atoms with Gasteiger partial charge in [-0.15, -0.1) is 23.5 Å². The Balaban J connectivity index is 2.50. The van der Waals surface area contributed by atoms with E-state index in [4.69, 9.17) is 0 Å². The van der Waals surface area contributed by atoms with Crippen LogP contribution >= 0.6 is 23.5 Å². The second-order valence-corrected chi connectivity index (χ2v) is 7.07. The molecular weight excluding hydrogens is 232 g/mol. The van der Waals surface area contributed by atoms with Crippen LogP contribution in [0, 0.1) is 11.8 Å². The van der Waals surface area contributed by atoms with Crippen molar-refractivity contribution in [1.29, 1.82) is 0 Å². The molecule has 1 aromatic carbocycles. The topological polar surface area (TPSA) is 0 Å². The Morgan fingerprint density at radius 1 is 0.875 bits per heavy atom. The van der Waals surface area contributed by atoms with E-state index in [1.54, 1.807) is 0 Å². The van der Waals surface area contributed by atoms with Gasteiger partial charge in [-0.1, -0.05) is 33.8 Å². The second kappa shape index (κ2) is 7.29. The molecule has 0 bridgehead atoms. The molecule has 0 saturated heterocycles. The third-order valence-electron chi connectivity index (χ3n) is 1.97. The number of hydrogen-bond donors (Lipinski definition) is 0. The summed E-state index contributed by atoms with van der Waals surface area (Å²) < 4.78 is 0. The largest absolute Gasteiger partial charge is 0.126 e. The zero-order chi connectivity index (χ0) is 12.0. The monoisotopic (exact) mass is 254 g/mol. The van der Waals surface area contributed by atoms with Gasteiger partial charge in [-0.25, -0.2) is 0 Å². The maximum absolute atomic E-state index is 2.32. The van der Waals surface area contributed by atoms with Gasteiger partial charge in [0.05, 0.1) is 0 Å². The van der Waals surface area contributed by atoms with Crippen molar-refractivity contribution in [3.05, 3.63) is 24.3 Å². The number of benzene rings is 1. The van der Waals surface area contributed by atoms with Crippen molar-refractivity contribution in [2.75, 3.05) is 11.5 Å². The molecule has 0 aliphatic carbocycles. The van der Waals surface area contributed by atoms with Gasteiger partial charge in [-0.2, -0.15) is 0 Å². The van der Waals surface area contributed by atoms with Gasteiger partial charge in [0.2, 0.25) is 0 Å². The minimum atomic E-state index is 0.761. The van der Waals surface area contributed by atoms with Crippen molar-refractivity contribution in [3.8, 4) is 0 Å². The van der Waals surface area contributed by atoms with Crippen molar-refractivity contribution in [1.82, 2.24) is 0 Å². The first-order valence-electron chi connectivity index (χ1n) is 5.93. The summed E-state index contributed by atoms with van der Waals surface area (Å²) in [5, 5.41) is 0. The van der Waals surface area contributed by atoms with Crippen LogP contribution < -0.4 is 0 Å².